The molecule has 0 aliphatic heterocycles. The average Bonchev–Trinajstić information content (AvgIpc) is 2.26. The molecule has 17 heavy (non-hydrogen) atoms. The van der Waals surface area contributed by atoms with E-state index in [1.54, 1.807) is 7.05 Å². The Morgan fingerprint density at radius 2 is 1.88 bits per heavy atom. The van der Waals surface area contributed by atoms with Gasteiger partial charge >= 0.3 is 5.97 Å². The van der Waals surface area contributed by atoms with Crippen LogP contribution in [0.1, 0.15) is 39.0 Å². The van der Waals surface area contributed by atoms with E-state index in [-0.39, 0.29) is 0 Å². The molecular weight excluding hydrogens is 218 g/mol. The molecule has 0 aromatic heterocycles. The lowest BCUT2D eigenvalue weighted by Crippen LogP contribution is -2.33. The quantitative estimate of drug-likeness (QED) is 0.440. The van der Waals surface area contributed by atoms with Crippen molar-refractivity contribution in [3.05, 3.63) is 0 Å². The number of nitrogens with zero attached hydrogens (tertiary/aromatic N) is 2. The van der Waals surface area contributed by atoms with Crippen molar-refractivity contribution in [2.45, 2.75) is 39.0 Å². The summed E-state index contributed by atoms with van der Waals surface area (Å²) in [6.45, 7) is 2.11. The molecule has 0 aromatic carbocycles. The molecule has 0 aliphatic carbocycles. The fraction of sp³-hybridized carbons (Fsp3) is 0.833. The Kier molecular flexibility index (Phi) is 13.6. The van der Waals surface area contributed by atoms with Gasteiger partial charge in [0.25, 0.3) is 0 Å². The predicted molar refractivity (Wildman–Crippen MR) is 72.5 cm³/mol. The van der Waals surface area contributed by atoms with Gasteiger partial charge in [0.2, 0.25) is 0 Å². The van der Waals surface area contributed by atoms with E-state index in [1.807, 2.05) is 26.0 Å². The molecule has 0 unspecified atom stereocenters. The molecule has 102 valence electrons. The second kappa shape index (κ2) is 12.8. The van der Waals surface area contributed by atoms with Crippen LogP contribution in [0.4, 0.5) is 0 Å². The van der Waals surface area contributed by atoms with Crippen LogP contribution < -0.4 is 5.32 Å². The normalized spacial score (nSPS) is 10.3. The maximum Gasteiger partial charge on any atom is 0.303 e. The van der Waals surface area contributed by atoms with Gasteiger partial charge in [-0.15, -0.1) is 0 Å². The molecule has 0 saturated carbocycles. The zero-order valence-corrected chi connectivity index (χ0v) is 11.8. The van der Waals surface area contributed by atoms with E-state index in [2.05, 4.69) is 17.2 Å². The van der Waals surface area contributed by atoms with E-state index in [9.17, 15) is 4.79 Å². The summed E-state index contributed by atoms with van der Waals surface area (Å²) in [5.41, 5.74) is 0. The van der Waals surface area contributed by atoms with Crippen LogP contribution in [0.5, 0.6) is 0 Å². The number of carboxylic acids is 1. The van der Waals surface area contributed by atoms with Gasteiger partial charge in [-0.05, 0) is 6.42 Å². The van der Waals surface area contributed by atoms with Crippen molar-refractivity contribution < 1.29 is 9.90 Å². The molecule has 0 aromatic rings. The lowest BCUT2D eigenvalue weighted by Gasteiger charge is -2.12. The van der Waals surface area contributed by atoms with Gasteiger partial charge in [0.05, 0.1) is 0 Å². The summed E-state index contributed by atoms with van der Waals surface area (Å²) in [6.07, 6.45) is 4.55. The summed E-state index contributed by atoms with van der Waals surface area (Å²) in [4.78, 5) is 15.8. The molecule has 0 heterocycles. The van der Waals surface area contributed by atoms with Crippen LogP contribution in [0.25, 0.3) is 0 Å². The molecule has 0 fully saturated rings. The molecule has 0 saturated heterocycles. The van der Waals surface area contributed by atoms with Crippen LogP contribution in [-0.4, -0.2) is 50.1 Å². The Morgan fingerprint density at radius 1 is 1.29 bits per heavy atom. The summed E-state index contributed by atoms with van der Waals surface area (Å²) < 4.78 is 0. The van der Waals surface area contributed by atoms with Crippen LogP contribution in [-0.2, 0) is 4.79 Å². The first-order valence-corrected chi connectivity index (χ1v) is 6.03. The highest BCUT2D eigenvalue weighted by molar-refractivity contribution is 5.78. The van der Waals surface area contributed by atoms with Crippen molar-refractivity contribution in [2.24, 2.45) is 4.99 Å². The van der Waals surface area contributed by atoms with Gasteiger partial charge in [-0.25, -0.2) is 0 Å². The molecule has 0 atom stereocenters. The van der Waals surface area contributed by atoms with Crippen LogP contribution in [0.2, 0.25) is 0 Å². The number of nitrogens with one attached hydrogen (secondary N) is 1. The van der Waals surface area contributed by atoms with E-state index in [0.29, 0.717) is 6.42 Å². The molecule has 0 spiro atoms. The van der Waals surface area contributed by atoms with Crippen LogP contribution in [0.3, 0.4) is 0 Å². The Morgan fingerprint density at radius 3 is 2.12 bits per heavy atom. The first-order chi connectivity index (χ1) is 7.99. The van der Waals surface area contributed by atoms with E-state index in [0.717, 1.165) is 25.2 Å². The number of hydrogen-bond acceptors (Lipinski definition) is 2. The number of guanidine groups is 1. The molecule has 5 nitrogen and oxygen atoms in total. The summed E-state index contributed by atoms with van der Waals surface area (Å²) in [5, 5.41) is 11.1. The van der Waals surface area contributed by atoms with Crippen molar-refractivity contribution in [1.82, 2.24) is 10.2 Å². The lowest BCUT2D eigenvalue weighted by atomic mass is 10.2. The summed E-state index contributed by atoms with van der Waals surface area (Å²) in [6, 6.07) is 0. The summed E-state index contributed by atoms with van der Waals surface area (Å²) >= 11 is 0. The number of hydrogen-bond donors (Lipinski definition) is 2. The molecule has 5 heteroatoms. The van der Waals surface area contributed by atoms with Gasteiger partial charge in [-0.3, -0.25) is 9.79 Å². The molecule has 0 bridgehead atoms. The van der Waals surface area contributed by atoms with Crippen LogP contribution in [0, 0.1) is 0 Å². The first-order valence-electron chi connectivity index (χ1n) is 6.03. The van der Waals surface area contributed by atoms with E-state index in [4.69, 9.17) is 5.11 Å². The monoisotopic (exact) mass is 245 g/mol. The molecule has 0 aliphatic rings. The van der Waals surface area contributed by atoms with Crippen molar-refractivity contribution in [3.63, 3.8) is 0 Å². The van der Waals surface area contributed by atoms with Crippen molar-refractivity contribution in [2.75, 3.05) is 28.2 Å². The smallest absolute Gasteiger partial charge is 0.303 e. The number of unbranched alkanes of at least 4 members (excludes halogenated alkanes) is 3. The Balaban J connectivity index is 0. The zero-order chi connectivity index (χ0) is 13.7. The van der Waals surface area contributed by atoms with E-state index >= 15 is 0 Å². The van der Waals surface area contributed by atoms with Gasteiger partial charge < -0.3 is 15.3 Å². The second-order valence-electron chi connectivity index (χ2n) is 3.90. The largest absolute Gasteiger partial charge is 0.481 e. The third-order valence-electron chi connectivity index (χ3n) is 2.10. The Bertz CT molecular complexity index is 216. The average molecular weight is 245 g/mol. The van der Waals surface area contributed by atoms with Gasteiger partial charge in [-0.1, -0.05) is 26.2 Å². The highest BCUT2D eigenvalue weighted by Crippen LogP contribution is 2.01. The lowest BCUT2D eigenvalue weighted by molar-refractivity contribution is -0.137. The van der Waals surface area contributed by atoms with Crippen LogP contribution in [0.15, 0.2) is 4.99 Å². The van der Waals surface area contributed by atoms with E-state index < -0.39 is 5.97 Å². The Hall–Kier alpha value is -1.26. The molecular formula is C12H27N3O2. The standard InChI is InChI=1S/C7H14O2.C5H13N3/c1-2-3-4-5-6-7(8)9;1-6-5(7-2)8(3)4/h2-6H2,1H3,(H,8,9);1-4H3,(H,6,7). The number of rotatable bonds is 5. The zero-order valence-electron chi connectivity index (χ0n) is 11.8. The predicted octanol–water partition coefficient (Wildman–Crippen LogP) is 1.79. The topological polar surface area (TPSA) is 64.9 Å². The Labute approximate surface area is 105 Å². The molecule has 2 N–H and O–H groups in total. The summed E-state index contributed by atoms with van der Waals surface area (Å²) in [7, 11) is 7.49. The number of aliphatic carboxylic acids is 1. The van der Waals surface area contributed by atoms with Crippen molar-refractivity contribution in [3.8, 4) is 0 Å². The summed E-state index contributed by atoms with van der Waals surface area (Å²) in [5.74, 6) is 0.219. The highest BCUT2D eigenvalue weighted by atomic mass is 16.4. The SMILES string of the molecule is CCCCCCC(=O)O.CN=C(NC)N(C)C. The fourth-order valence-corrected chi connectivity index (χ4v) is 1.24. The van der Waals surface area contributed by atoms with Gasteiger partial charge in [0, 0.05) is 34.6 Å². The van der Waals surface area contributed by atoms with Gasteiger partial charge in [0.15, 0.2) is 5.96 Å². The van der Waals surface area contributed by atoms with Crippen LogP contribution >= 0.6 is 0 Å². The number of carboxylic acid groups (broad SMARTS) is 1. The minimum Gasteiger partial charge on any atom is -0.481 e. The maximum absolute atomic E-state index is 9.96. The second-order valence-corrected chi connectivity index (χ2v) is 3.90. The van der Waals surface area contributed by atoms with E-state index in [1.165, 1.54) is 6.42 Å². The third-order valence-corrected chi connectivity index (χ3v) is 2.10. The fourth-order valence-electron chi connectivity index (χ4n) is 1.24. The minimum absolute atomic E-state index is 0.333. The van der Waals surface area contributed by atoms with Gasteiger partial charge in [-0.2, -0.15) is 0 Å². The third kappa shape index (κ3) is 14.7. The van der Waals surface area contributed by atoms with Gasteiger partial charge in [0.1, 0.15) is 0 Å². The molecule has 0 rings (SSSR count). The minimum atomic E-state index is -0.675. The molecule has 0 amide bonds. The highest BCUT2D eigenvalue weighted by Gasteiger charge is 1.94. The first kappa shape index (κ1) is 18.1. The van der Waals surface area contributed by atoms with Crippen molar-refractivity contribution >= 4 is 11.9 Å². The maximum atomic E-state index is 9.96. The number of carbonyl (C=O) groups is 1. The number of aliphatic imine (C=N–C) groups is 1. The van der Waals surface area contributed by atoms with Crippen molar-refractivity contribution in [1.29, 1.82) is 0 Å². The molecule has 0 radical (unpaired) electrons.